The van der Waals surface area contributed by atoms with Crippen LogP contribution in [0.4, 0.5) is 4.39 Å². The van der Waals surface area contributed by atoms with Gasteiger partial charge in [-0.1, -0.05) is 0 Å². The molecule has 126 valence electrons. The summed E-state index contributed by atoms with van der Waals surface area (Å²) in [5, 5.41) is 3.46. The van der Waals surface area contributed by atoms with Gasteiger partial charge >= 0.3 is 0 Å². The Balaban J connectivity index is 1.30. The van der Waals surface area contributed by atoms with Crippen molar-refractivity contribution < 1.29 is 9.13 Å². The minimum Gasteiger partial charge on any atom is -0.377 e. The summed E-state index contributed by atoms with van der Waals surface area (Å²) < 4.78 is 19.1. The van der Waals surface area contributed by atoms with Crippen molar-refractivity contribution in [3.63, 3.8) is 0 Å². The fourth-order valence-corrected chi connectivity index (χ4v) is 4.36. The van der Waals surface area contributed by atoms with Gasteiger partial charge in [0.1, 0.15) is 5.82 Å². The van der Waals surface area contributed by atoms with Gasteiger partial charge in [0, 0.05) is 17.5 Å². The highest BCUT2D eigenvalue weighted by Crippen LogP contribution is 2.61. The van der Waals surface area contributed by atoms with Crippen molar-refractivity contribution in [2.75, 3.05) is 13.2 Å². The number of ether oxygens (including phenoxy) is 1. The summed E-state index contributed by atoms with van der Waals surface area (Å²) in [6, 6.07) is 0.495. The molecule has 5 nitrogen and oxygen atoms in total. The molecule has 3 N–H and O–H groups in total. The van der Waals surface area contributed by atoms with Crippen molar-refractivity contribution in [1.29, 1.82) is 0 Å². The zero-order chi connectivity index (χ0) is 15.9. The Hall–Kier alpha value is -1.11. The molecule has 1 saturated heterocycles. The van der Waals surface area contributed by atoms with E-state index < -0.39 is 0 Å². The van der Waals surface area contributed by atoms with Gasteiger partial charge in [-0.3, -0.25) is 0 Å². The predicted molar refractivity (Wildman–Crippen MR) is 84.4 cm³/mol. The summed E-state index contributed by atoms with van der Waals surface area (Å²) in [6.07, 6.45) is 9.35. The van der Waals surface area contributed by atoms with Gasteiger partial charge < -0.3 is 15.8 Å². The van der Waals surface area contributed by atoms with Crippen LogP contribution in [-0.2, 0) is 10.2 Å². The molecule has 1 aromatic heterocycles. The number of hydrogen-bond acceptors (Lipinski definition) is 5. The molecule has 0 spiro atoms. The molecule has 5 unspecified atom stereocenters. The number of hydrogen-bond donors (Lipinski definition) is 2. The first-order chi connectivity index (χ1) is 11.2. The molecule has 2 aliphatic carbocycles. The molecule has 1 aliphatic heterocycles. The number of nitrogens with one attached hydrogen (secondary N) is 1. The van der Waals surface area contributed by atoms with E-state index in [9.17, 15) is 4.39 Å². The lowest BCUT2D eigenvalue weighted by Gasteiger charge is -2.33. The van der Waals surface area contributed by atoms with E-state index in [1.807, 2.05) is 0 Å². The van der Waals surface area contributed by atoms with Crippen LogP contribution in [0.25, 0.3) is 0 Å². The minimum atomic E-state index is -0.365. The maximum absolute atomic E-state index is 13.0. The first-order valence-electron chi connectivity index (χ1n) is 8.76. The summed E-state index contributed by atoms with van der Waals surface area (Å²) in [7, 11) is 0. The maximum Gasteiger partial charge on any atom is 0.159 e. The van der Waals surface area contributed by atoms with Crippen LogP contribution in [-0.4, -0.2) is 41.3 Å². The number of nitrogens with two attached hydrogens (primary N) is 1. The molecule has 0 bridgehead atoms. The minimum absolute atomic E-state index is 0.0903. The number of halogens is 1. The molecule has 3 aliphatic rings. The fourth-order valence-electron chi connectivity index (χ4n) is 4.36. The molecule has 4 rings (SSSR count). The van der Waals surface area contributed by atoms with Crippen LogP contribution in [0.2, 0.25) is 0 Å². The first kappa shape index (κ1) is 15.4. The molecule has 23 heavy (non-hydrogen) atoms. The maximum atomic E-state index is 13.0. The van der Waals surface area contributed by atoms with E-state index >= 15 is 0 Å². The van der Waals surface area contributed by atoms with E-state index in [0.29, 0.717) is 18.6 Å². The van der Waals surface area contributed by atoms with E-state index in [1.165, 1.54) is 12.4 Å². The Morgan fingerprint density at radius 3 is 2.91 bits per heavy atom. The third-order valence-electron chi connectivity index (χ3n) is 5.91. The largest absolute Gasteiger partial charge is 0.377 e. The van der Waals surface area contributed by atoms with E-state index in [2.05, 4.69) is 15.3 Å². The second-order valence-corrected chi connectivity index (χ2v) is 7.38. The lowest BCUT2D eigenvalue weighted by Crippen LogP contribution is -2.52. The lowest BCUT2D eigenvalue weighted by molar-refractivity contribution is 0.00411. The van der Waals surface area contributed by atoms with Crippen molar-refractivity contribution in [2.45, 2.75) is 62.1 Å². The van der Waals surface area contributed by atoms with Gasteiger partial charge in [-0.05, 0) is 51.0 Å². The van der Waals surface area contributed by atoms with Gasteiger partial charge in [-0.2, -0.15) is 0 Å². The van der Waals surface area contributed by atoms with Crippen molar-refractivity contribution in [3.8, 4) is 0 Å². The average Bonchev–Trinajstić information content (AvgIpc) is 3.29. The zero-order valence-corrected chi connectivity index (χ0v) is 13.4. The monoisotopic (exact) mass is 320 g/mol. The van der Waals surface area contributed by atoms with Crippen LogP contribution in [0.15, 0.2) is 12.4 Å². The highest BCUT2D eigenvalue weighted by atomic mass is 19.1. The first-order valence-corrected chi connectivity index (χ1v) is 8.76. The standard InChI is InChI=1S/C17H25FN4O/c18-12-8-21-16(22-9-12)17-4-3-13(6-11(17)7-17)23-10-15-14(19)2-1-5-20-15/h8-9,11,13-15,20H,1-7,10,19H2. The SMILES string of the molecule is NC1CCCNC1COC1CCC2(c3ncc(F)cn3)CC2C1. The van der Waals surface area contributed by atoms with Crippen LogP contribution in [0.5, 0.6) is 0 Å². The van der Waals surface area contributed by atoms with Crippen molar-refractivity contribution in [1.82, 2.24) is 15.3 Å². The zero-order valence-electron chi connectivity index (χ0n) is 13.4. The highest BCUT2D eigenvalue weighted by molar-refractivity contribution is 5.24. The molecular formula is C17H25FN4O. The summed E-state index contributed by atoms with van der Waals surface area (Å²) in [6.45, 7) is 1.75. The molecule has 2 heterocycles. The Morgan fingerprint density at radius 2 is 2.17 bits per heavy atom. The van der Waals surface area contributed by atoms with Crippen LogP contribution in [0.3, 0.4) is 0 Å². The summed E-state index contributed by atoms with van der Waals surface area (Å²) in [5.41, 5.74) is 6.24. The Labute approximate surface area is 136 Å². The number of piperidine rings is 1. The molecule has 0 aromatic carbocycles. The van der Waals surface area contributed by atoms with E-state index in [-0.39, 0.29) is 23.3 Å². The molecule has 5 atom stereocenters. The number of aromatic nitrogens is 2. The highest BCUT2D eigenvalue weighted by Gasteiger charge is 2.59. The van der Waals surface area contributed by atoms with E-state index in [1.54, 1.807) is 0 Å². The third-order valence-corrected chi connectivity index (χ3v) is 5.91. The average molecular weight is 320 g/mol. The second-order valence-electron chi connectivity index (χ2n) is 7.38. The number of rotatable bonds is 4. The molecule has 3 fully saturated rings. The van der Waals surface area contributed by atoms with Crippen LogP contribution >= 0.6 is 0 Å². The quantitative estimate of drug-likeness (QED) is 0.880. The molecule has 1 aromatic rings. The summed E-state index contributed by atoms with van der Waals surface area (Å²) in [4.78, 5) is 8.43. The molecule has 0 amide bonds. The van der Waals surface area contributed by atoms with Gasteiger partial charge in [0.2, 0.25) is 0 Å². The molecule has 6 heteroatoms. The molecule has 2 saturated carbocycles. The van der Waals surface area contributed by atoms with Gasteiger partial charge in [0.15, 0.2) is 5.82 Å². The third kappa shape index (κ3) is 2.99. The Kier molecular flexibility index (Phi) is 4.07. The lowest BCUT2D eigenvalue weighted by atomic mass is 9.86. The van der Waals surface area contributed by atoms with Gasteiger partial charge in [-0.25, -0.2) is 14.4 Å². The summed E-state index contributed by atoms with van der Waals surface area (Å²) >= 11 is 0. The number of nitrogens with zero attached hydrogens (tertiary/aromatic N) is 2. The van der Waals surface area contributed by atoms with Gasteiger partial charge in [0.25, 0.3) is 0 Å². The molecule has 0 radical (unpaired) electrons. The van der Waals surface area contributed by atoms with E-state index in [4.69, 9.17) is 10.5 Å². The van der Waals surface area contributed by atoms with E-state index in [0.717, 1.165) is 50.9 Å². The Bertz CT molecular complexity index is 554. The Morgan fingerprint density at radius 1 is 1.35 bits per heavy atom. The van der Waals surface area contributed by atoms with Crippen molar-refractivity contribution in [3.05, 3.63) is 24.0 Å². The fraction of sp³-hybridized carbons (Fsp3) is 0.765. The number of fused-ring (bicyclic) bond motifs is 1. The van der Waals surface area contributed by atoms with Crippen molar-refractivity contribution >= 4 is 0 Å². The van der Waals surface area contributed by atoms with Crippen LogP contribution in [0, 0.1) is 11.7 Å². The predicted octanol–water partition coefficient (Wildman–Crippen LogP) is 1.52. The smallest absolute Gasteiger partial charge is 0.159 e. The summed E-state index contributed by atoms with van der Waals surface area (Å²) in [5.74, 6) is 1.04. The van der Waals surface area contributed by atoms with Crippen LogP contribution < -0.4 is 11.1 Å². The van der Waals surface area contributed by atoms with Gasteiger partial charge in [0.05, 0.1) is 25.1 Å². The second kappa shape index (κ2) is 6.07. The topological polar surface area (TPSA) is 73.1 Å². The van der Waals surface area contributed by atoms with Crippen molar-refractivity contribution in [2.24, 2.45) is 11.7 Å². The van der Waals surface area contributed by atoms with Gasteiger partial charge in [-0.15, -0.1) is 0 Å². The van der Waals surface area contributed by atoms with Crippen LogP contribution in [0.1, 0.15) is 44.3 Å². The molecular weight excluding hydrogens is 295 g/mol. The normalized spacial score (nSPS) is 39.7.